The number of aryl methyl sites for hydroxylation is 1. The van der Waals surface area contributed by atoms with Gasteiger partial charge in [-0.3, -0.25) is 9.59 Å². The standard InChI is InChI=1S/C17H24N4O2/c1-3-4-5-8-13(2)18-16(22)11-12-21-17(23)14-9-6-7-10-15(14)19-20-21/h6-7,9-10,13H,3-5,8,11-12H2,1-2H3,(H,18,22). The van der Waals surface area contributed by atoms with E-state index in [9.17, 15) is 9.59 Å². The van der Waals surface area contributed by atoms with Gasteiger partial charge in [0.1, 0.15) is 5.52 Å². The topological polar surface area (TPSA) is 76.9 Å². The van der Waals surface area contributed by atoms with E-state index in [0.717, 1.165) is 12.8 Å². The van der Waals surface area contributed by atoms with E-state index in [1.165, 1.54) is 17.5 Å². The van der Waals surface area contributed by atoms with Crippen LogP contribution in [-0.4, -0.2) is 26.9 Å². The second-order valence-corrected chi connectivity index (χ2v) is 5.85. The lowest BCUT2D eigenvalue weighted by Gasteiger charge is -2.13. The first-order valence-electron chi connectivity index (χ1n) is 8.23. The molecule has 23 heavy (non-hydrogen) atoms. The van der Waals surface area contributed by atoms with E-state index in [2.05, 4.69) is 22.6 Å². The number of nitrogens with zero attached hydrogens (tertiary/aromatic N) is 3. The maximum atomic E-state index is 12.3. The zero-order valence-corrected chi connectivity index (χ0v) is 13.8. The normalized spacial score (nSPS) is 12.3. The number of carbonyl (C=O) groups is 1. The molecule has 0 aliphatic heterocycles. The molecule has 6 heteroatoms. The summed E-state index contributed by atoms with van der Waals surface area (Å²) in [6, 6.07) is 7.24. The van der Waals surface area contributed by atoms with Crippen LogP contribution in [0, 0.1) is 0 Å². The lowest BCUT2D eigenvalue weighted by Crippen LogP contribution is -2.34. The first kappa shape index (κ1) is 17.1. The predicted octanol–water partition coefficient (Wildman–Crippen LogP) is 2.27. The molecule has 6 nitrogen and oxygen atoms in total. The summed E-state index contributed by atoms with van der Waals surface area (Å²) in [5.41, 5.74) is 0.363. The molecule has 1 heterocycles. The average molecular weight is 316 g/mol. The Morgan fingerprint density at radius 3 is 2.87 bits per heavy atom. The third-order valence-electron chi connectivity index (χ3n) is 3.83. The first-order valence-corrected chi connectivity index (χ1v) is 8.23. The number of aromatic nitrogens is 3. The average Bonchev–Trinajstić information content (AvgIpc) is 2.55. The molecule has 124 valence electrons. The summed E-state index contributed by atoms with van der Waals surface area (Å²) in [5, 5.41) is 11.4. The largest absolute Gasteiger partial charge is 0.354 e. The number of amides is 1. The van der Waals surface area contributed by atoms with E-state index >= 15 is 0 Å². The van der Waals surface area contributed by atoms with Gasteiger partial charge in [-0.15, -0.1) is 5.10 Å². The van der Waals surface area contributed by atoms with E-state index in [1.54, 1.807) is 18.2 Å². The van der Waals surface area contributed by atoms with Gasteiger partial charge in [-0.25, -0.2) is 4.68 Å². The number of rotatable bonds is 8. The quantitative estimate of drug-likeness (QED) is 0.758. The molecule has 0 aliphatic rings. The molecule has 2 aromatic rings. The van der Waals surface area contributed by atoms with Gasteiger partial charge in [0.05, 0.1) is 11.9 Å². The van der Waals surface area contributed by atoms with Gasteiger partial charge < -0.3 is 5.32 Å². The van der Waals surface area contributed by atoms with Crippen LogP contribution in [0.5, 0.6) is 0 Å². The van der Waals surface area contributed by atoms with Gasteiger partial charge in [0.15, 0.2) is 0 Å². The lowest BCUT2D eigenvalue weighted by molar-refractivity contribution is -0.122. The van der Waals surface area contributed by atoms with Gasteiger partial charge in [0.2, 0.25) is 5.91 Å². The molecule has 0 aliphatic carbocycles. The van der Waals surface area contributed by atoms with Crippen LogP contribution in [-0.2, 0) is 11.3 Å². The first-order chi connectivity index (χ1) is 11.1. The Labute approximate surface area is 135 Å². The molecule has 1 amide bonds. The zero-order valence-electron chi connectivity index (χ0n) is 13.8. The zero-order chi connectivity index (χ0) is 16.7. The highest BCUT2D eigenvalue weighted by Crippen LogP contribution is 2.04. The minimum atomic E-state index is -0.209. The summed E-state index contributed by atoms with van der Waals surface area (Å²) in [7, 11) is 0. The summed E-state index contributed by atoms with van der Waals surface area (Å²) in [6.07, 6.45) is 4.68. The molecule has 0 saturated carbocycles. The molecule has 0 radical (unpaired) electrons. The van der Waals surface area contributed by atoms with E-state index in [-0.39, 0.29) is 30.5 Å². The second kappa shape index (κ2) is 8.41. The summed E-state index contributed by atoms with van der Waals surface area (Å²) in [4.78, 5) is 24.2. The molecule has 0 saturated heterocycles. The van der Waals surface area contributed by atoms with E-state index < -0.39 is 0 Å². The van der Waals surface area contributed by atoms with Crippen molar-refractivity contribution in [1.29, 1.82) is 0 Å². The van der Waals surface area contributed by atoms with Crippen molar-refractivity contribution >= 4 is 16.8 Å². The highest BCUT2D eigenvalue weighted by Gasteiger charge is 2.10. The highest BCUT2D eigenvalue weighted by molar-refractivity contribution is 5.77. The third kappa shape index (κ3) is 4.87. The molecule has 1 N–H and O–H groups in total. The molecule has 0 fully saturated rings. The number of fused-ring (bicyclic) bond motifs is 1. The van der Waals surface area contributed by atoms with E-state index in [0.29, 0.717) is 10.9 Å². The number of nitrogens with one attached hydrogen (secondary N) is 1. The molecule has 2 rings (SSSR count). The van der Waals surface area contributed by atoms with Crippen molar-refractivity contribution in [2.24, 2.45) is 0 Å². The van der Waals surface area contributed by atoms with Crippen molar-refractivity contribution in [3.05, 3.63) is 34.6 Å². The van der Waals surface area contributed by atoms with Crippen molar-refractivity contribution in [3.8, 4) is 0 Å². The fourth-order valence-corrected chi connectivity index (χ4v) is 2.50. The Balaban J connectivity index is 1.89. The fraction of sp³-hybridized carbons (Fsp3) is 0.529. The second-order valence-electron chi connectivity index (χ2n) is 5.85. The number of benzene rings is 1. The van der Waals surface area contributed by atoms with Crippen LogP contribution in [0.2, 0.25) is 0 Å². The van der Waals surface area contributed by atoms with Gasteiger partial charge in [-0.1, -0.05) is 43.5 Å². The summed E-state index contributed by atoms with van der Waals surface area (Å²) in [6.45, 7) is 4.41. The van der Waals surface area contributed by atoms with Crippen LogP contribution < -0.4 is 10.9 Å². The molecular weight excluding hydrogens is 292 g/mol. The summed E-state index contributed by atoms with van der Waals surface area (Å²) < 4.78 is 1.25. The van der Waals surface area contributed by atoms with Gasteiger partial charge in [0, 0.05) is 12.5 Å². The van der Waals surface area contributed by atoms with Crippen molar-refractivity contribution in [2.75, 3.05) is 0 Å². The Kier molecular flexibility index (Phi) is 6.26. The van der Waals surface area contributed by atoms with Crippen LogP contribution in [0.25, 0.3) is 10.9 Å². The van der Waals surface area contributed by atoms with Crippen molar-refractivity contribution in [1.82, 2.24) is 20.3 Å². The molecule has 0 bridgehead atoms. The van der Waals surface area contributed by atoms with Gasteiger partial charge in [-0.2, -0.15) is 0 Å². The molecule has 1 aromatic heterocycles. The Morgan fingerprint density at radius 1 is 1.30 bits per heavy atom. The fourth-order valence-electron chi connectivity index (χ4n) is 2.50. The Morgan fingerprint density at radius 2 is 2.09 bits per heavy atom. The minimum absolute atomic E-state index is 0.0594. The number of hydrogen-bond donors (Lipinski definition) is 1. The minimum Gasteiger partial charge on any atom is -0.354 e. The van der Waals surface area contributed by atoms with Crippen molar-refractivity contribution < 1.29 is 4.79 Å². The van der Waals surface area contributed by atoms with Gasteiger partial charge in [0.25, 0.3) is 5.56 Å². The Hall–Kier alpha value is -2.24. The molecule has 1 aromatic carbocycles. The summed E-state index contributed by atoms with van der Waals surface area (Å²) >= 11 is 0. The molecule has 1 unspecified atom stereocenters. The van der Waals surface area contributed by atoms with Crippen LogP contribution >= 0.6 is 0 Å². The van der Waals surface area contributed by atoms with Crippen LogP contribution in [0.15, 0.2) is 29.1 Å². The molecule has 0 spiro atoms. The smallest absolute Gasteiger partial charge is 0.277 e. The van der Waals surface area contributed by atoms with Crippen molar-refractivity contribution in [3.63, 3.8) is 0 Å². The number of carbonyl (C=O) groups excluding carboxylic acids is 1. The SMILES string of the molecule is CCCCCC(C)NC(=O)CCn1nnc2ccccc2c1=O. The van der Waals surface area contributed by atoms with E-state index in [4.69, 9.17) is 0 Å². The number of hydrogen-bond acceptors (Lipinski definition) is 4. The maximum absolute atomic E-state index is 12.3. The number of unbranched alkanes of at least 4 members (excludes halogenated alkanes) is 2. The van der Waals surface area contributed by atoms with Crippen LogP contribution in [0.3, 0.4) is 0 Å². The lowest BCUT2D eigenvalue weighted by atomic mass is 10.1. The third-order valence-corrected chi connectivity index (χ3v) is 3.83. The van der Waals surface area contributed by atoms with Gasteiger partial charge >= 0.3 is 0 Å². The molecular formula is C17H24N4O2. The van der Waals surface area contributed by atoms with Crippen LogP contribution in [0.4, 0.5) is 0 Å². The van der Waals surface area contributed by atoms with E-state index in [1.807, 2.05) is 13.0 Å². The maximum Gasteiger partial charge on any atom is 0.277 e. The monoisotopic (exact) mass is 316 g/mol. The van der Waals surface area contributed by atoms with Gasteiger partial charge in [-0.05, 0) is 25.5 Å². The Bertz CT molecular complexity index is 711. The summed E-state index contributed by atoms with van der Waals surface area (Å²) in [5.74, 6) is -0.0594. The highest BCUT2D eigenvalue weighted by atomic mass is 16.2. The van der Waals surface area contributed by atoms with Crippen LogP contribution in [0.1, 0.15) is 46.0 Å². The predicted molar refractivity (Wildman–Crippen MR) is 90.2 cm³/mol. The molecule has 1 atom stereocenters. The van der Waals surface area contributed by atoms with Crippen molar-refractivity contribution in [2.45, 2.75) is 58.5 Å².